The van der Waals surface area contributed by atoms with Crippen LogP contribution >= 0.6 is 11.3 Å². The average molecular weight is 395 g/mol. The lowest BCUT2D eigenvalue weighted by Gasteiger charge is -2.18. The number of rotatable bonds is 7. The van der Waals surface area contributed by atoms with Crippen molar-refractivity contribution in [1.29, 1.82) is 0 Å². The summed E-state index contributed by atoms with van der Waals surface area (Å²) in [5.74, 6) is -0.723. The molecule has 2 amide bonds. The van der Waals surface area contributed by atoms with Gasteiger partial charge < -0.3 is 15.0 Å². The summed E-state index contributed by atoms with van der Waals surface area (Å²) in [5, 5.41) is 3.33. The molecular formula is C20H30N2O4S. The fourth-order valence-corrected chi connectivity index (χ4v) is 4.55. The van der Waals surface area contributed by atoms with E-state index in [9.17, 15) is 14.4 Å². The van der Waals surface area contributed by atoms with Crippen molar-refractivity contribution in [1.82, 2.24) is 4.90 Å². The Morgan fingerprint density at radius 1 is 1.19 bits per heavy atom. The number of anilines is 1. The van der Waals surface area contributed by atoms with Crippen LogP contribution in [0.3, 0.4) is 0 Å². The van der Waals surface area contributed by atoms with Crippen molar-refractivity contribution in [3.8, 4) is 0 Å². The SMILES string of the molecule is CCN(CC)C(=O)c1sc(NC(=O)C2CCCC2)c(C(=O)OC(C)C)c1C. The summed E-state index contributed by atoms with van der Waals surface area (Å²) in [6.07, 6.45) is 3.56. The molecule has 150 valence electrons. The molecule has 1 aliphatic rings. The van der Waals surface area contributed by atoms with Crippen LogP contribution in [0, 0.1) is 12.8 Å². The third-order valence-corrected chi connectivity index (χ3v) is 6.10. The van der Waals surface area contributed by atoms with Crippen molar-refractivity contribution >= 4 is 34.1 Å². The second kappa shape index (κ2) is 9.35. The summed E-state index contributed by atoms with van der Waals surface area (Å²) in [6, 6.07) is 0. The molecule has 27 heavy (non-hydrogen) atoms. The fraction of sp³-hybridized carbons (Fsp3) is 0.650. The number of hydrogen-bond acceptors (Lipinski definition) is 5. The predicted molar refractivity (Wildman–Crippen MR) is 107 cm³/mol. The van der Waals surface area contributed by atoms with E-state index < -0.39 is 5.97 Å². The Morgan fingerprint density at radius 3 is 2.30 bits per heavy atom. The molecule has 0 atom stereocenters. The molecule has 1 aromatic rings. The largest absolute Gasteiger partial charge is 0.459 e. The maximum absolute atomic E-state index is 12.9. The van der Waals surface area contributed by atoms with Crippen molar-refractivity contribution in [3.05, 3.63) is 16.0 Å². The first-order valence-corrected chi connectivity index (χ1v) is 10.6. The monoisotopic (exact) mass is 394 g/mol. The molecule has 0 unspecified atom stereocenters. The van der Waals surface area contributed by atoms with E-state index in [1.54, 1.807) is 25.7 Å². The molecule has 1 aliphatic carbocycles. The smallest absolute Gasteiger partial charge is 0.341 e. The lowest BCUT2D eigenvalue weighted by atomic mass is 10.1. The van der Waals surface area contributed by atoms with Crippen molar-refractivity contribution in [3.63, 3.8) is 0 Å². The van der Waals surface area contributed by atoms with E-state index in [-0.39, 0.29) is 23.8 Å². The van der Waals surface area contributed by atoms with Crippen molar-refractivity contribution in [2.24, 2.45) is 5.92 Å². The van der Waals surface area contributed by atoms with Gasteiger partial charge in [0.25, 0.3) is 5.91 Å². The summed E-state index contributed by atoms with van der Waals surface area (Å²) in [5.41, 5.74) is 0.875. The average Bonchev–Trinajstić information content (AvgIpc) is 3.23. The van der Waals surface area contributed by atoms with Crippen molar-refractivity contribution in [2.45, 2.75) is 66.4 Å². The van der Waals surface area contributed by atoms with E-state index in [2.05, 4.69) is 5.32 Å². The molecule has 0 spiro atoms. The first kappa shape index (κ1) is 21.4. The second-order valence-corrected chi connectivity index (χ2v) is 8.18. The minimum Gasteiger partial charge on any atom is -0.459 e. The van der Waals surface area contributed by atoms with Crippen molar-refractivity contribution in [2.75, 3.05) is 18.4 Å². The number of nitrogens with one attached hydrogen (secondary N) is 1. The molecule has 7 heteroatoms. The van der Waals surface area contributed by atoms with Crippen LogP contribution in [0.4, 0.5) is 5.00 Å². The van der Waals surface area contributed by atoms with Gasteiger partial charge in [-0.1, -0.05) is 12.8 Å². The number of carbonyl (C=O) groups is 3. The molecule has 1 aromatic heterocycles. The highest BCUT2D eigenvalue weighted by molar-refractivity contribution is 7.18. The Morgan fingerprint density at radius 2 is 1.78 bits per heavy atom. The van der Waals surface area contributed by atoms with Gasteiger partial charge in [-0.3, -0.25) is 9.59 Å². The first-order chi connectivity index (χ1) is 12.8. The quantitative estimate of drug-likeness (QED) is 0.702. The molecule has 1 N–H and O–H groups in total. The van der Waals surface area contributed by atoms with Gasteiger partial charge in [-0.05, 0) is 53.0 Å². The summed E-state index contributed by atoms with van der Waals surface area (Å²) >= 11 is 1.17. The number of nitrogens with zero attached hydrogens (tertiary/aromatic N) is 1. The van der Waals surface area contributed by atoms with E-state index in [0.29, 0.717) is 34.1 Å². The van der Waals surface area contributed by atoms with Crippen LogP contribution in [0.1, 0.15) is 79.0 Å². The summed E-state index contributed by atoms with van der Waals surface area (Å²) in [7, 11) is 0. The van der Waals surface area contributed by atoms with Crippen LogP contribution < -0.4 is 5.32 Å². The second-order valence-electron chi connectivity index (χ2n) is 7.16. The summed E-state index contributed by atoms with van der Waals surface area (Å²) < 4.78 is 5.36. The summed E-state index contributed by atoms with van der Waals surface area (Å²) in [6.45, 7) is 10.3. The molecule has 0 aromatic carbocycles. The van der Waals surface area contributed by atoms with E-state index in [1.807, 2.05) is 13.8 Å². The van der Waals surface area contributed by atoms with Gasteiger partial charge in [0.1, 0.15) is 5.00 Å². The summed E-state index contributed by atoms with van der Waals surface area (Å²) in [4.78, 5) is 40.3. The topological polar surface area (TPSA) is 75.7 Å². The van der Waals surface area contributed by atoms with Crippen LogP contribution in [-0.2, 0) is 9.53 Å². The normalized spacial score (nSPS) is 14.4. The Kier molecular flexibility index (Phi) is 7.41. The molecule has 0 bridgehead atoms. The highest BCUT2D eigenvalue weighted by Gasteiger charge is 2.30. The molecule has 1 saturated carbocycles. The molecule has 2 rings (SSSR count). The standard InChI is InChI=1S/C20H30N2O4S/c1-6-22(7-2)19(24)16-13(5)15(20(25)26-12(3)4)18(27-16)21-17(23)14-10-8-9-11-14/h12,14H,6-11H2,1-5H3,(H,21,23). The number of esters is 1. The third kappa shape index (κ3) is 4.89. The lowest BCUT2D eigenvalue weighted by molar-refractivity contribution is -0.119. The Bertz CT molecular complexity index is 701. The molecule has 1 fully saturated rings. The molecule has 0 radical (unpaired) electrons. The number of thiophene rings is 1. The van der Waals surface area contributed by atoms with Gasteiger partial charge >= 0.3 is 5.97 Å². The van der Waals surface area contributed by atoms with Gasteiger partial charge in [-0.15, -0.1) is 11.3 Å². The molecule has 6 nitrogen and oxygen atoms in total. The number of ether oxygens (including phenoxy) is 1. The van der Waals surface area contributed by atoms with Gasteiger partial charge in [0.05, 0.1) is 16.5 Å². The fourth-order valence-electron chi connectivity index (χ4n) is 3.38. The van der Waals surface area contributed by atoms with Crippen molar-refractivity contribution < 1.29 is 19.1 Å². The highest BCUT2D eigenvalue weighted by Crippen LogP contribution is 2.36. The zero-order valence-electron chi connectivity index (χ0n) is 16.9. The van der Waals surface area contributed by atoms with Crippen LogP contribution in [0.15, 0.2) is 0 Å². The number of carbonyl (C=O) groups excluding carboxylic acids is 3. The lowest BCUT2D eigenvalue weighted by Crippen LogP contribution is -2.30. The zero-order valence-corrected chi connectivity index (χ0v) is 17.7. The van der Waals surface area contributed by atoms with E-state index in [4.69, 9.17) is 4.74 Å². The van der Waals surface area contributed by atoms with Gasteiger partial charge in [0.15, 0.2) is 0 Å². The first-order valence-electron chi connectivity index (χ1n) is 9.74. The molecule has 0 aliphatic heterocycles. The minimum absolute atomic E-state index is 0.0247. The maximum Gasteiger partial charge on any atom is 0.341 e. The van der Waals surface area contributed by atoms with Crippen LogP contribution in [-0.4, -0.2) is 41.9 Å². The van der Waals surface area contributed by atoms with E-state index >= 15 is 0 Å². The van der Waals surface area contributed by atoms with Gasteiger partial charge in [-0.2, -0.15) is 0 Å². The maximum atomic E-state index is 12.9. The van der Waals surface area contributed by atoms with E-state index in [1.165, 1.54) is 11.3 Å². The minimum atomic E-state index is -0.501. The molecule has 0 saturated heterocycles. The van der Waals surface area contributed by atoms with E-state index in [0.717, 1.165) is 25.7 Å². The zero-order chi connectivity index (χ0) is 20.1. The Balaban J connectivity index is 2.39. The van der Waals surface area contributed by atoms with Crippen LogP contribution in [0.25, 0.3) is 0 Å². The van der Waals surface area contributed by atoms with Gasteiger partial charge in [-0.25, -0.2) is 4.79 Å². The number of amides is 2. The van der Waals surface area contributed by atoms with Crippen LogP contribution in [0.2, 0.25) is 0 Å². The molecule has 1 heterocycles. The third-order valence-electron chi connectivity index (χ3n) is 4.90. The van der Waals surface area contributed by atoms with Gasteiger partial charge in [0.2, 0.25) is 5.91 Å². The Labute approximate surface area is 165 Å². The van der Waals surface area contributed by atoms with Gasteiger partial charge in [0, 0.05) is 19.0 Å². The Hall–Kier alpha value is -1.89. The highest BCUT2D eigenvalue weighted by atomic mass is 32.1. The predicted octanol–water partition coefficient (Wildman–Crippen LogP) is 4.23. The number of hydrogen-bond donors (Lipinski definition) is 1. The van der Waals surface area contributed by atoms with Crippen LogP contribution in [0.5, 0.6) is 0 Å². The molecular weight excluding hydrogens is 364 g/mol.